The SMILES string of the molecule is CSCC(=O)NC1CC(=O)N(CCCc2ccccc2)C1. The minimum absolute atomic E-state index is 0.0196. The van der Waals surface area contributed by atoms with E-state index in [4.69, 9.17) is 0 Å². The van der Waals surface area contributed by atoms with Gasteiger partial charge in [-0.25, -0.2) is 0 Å². The van der Waals surface area contributed by atoms with Crippen LogP contribution in [0.4, 0.5) is 0 Å². The highest BCUT2D eigenvalue weighted by Crippen LogP contribution is 2.13. The summed E-state index contributed by atoms with van der Waals surface area (Å²) in [4.78, 5) is 25.4. The molecule has 0 aliphatic carbocycles. The summed E-state index contributed by atoms with van der Waals surface area (Å²) in [5, 5.41) is 2.93. The van der Waals surface area contributed by atoms with Crippen molar-refractivity contribution in [3.63, 3.8) is 0 Å². The summed E-state index contributed by atoms with van der Waals surface area (Å²) in [6, 6.07) is 10.3. The van der Waals surface area contributed by atoms with E-state index in [1.165, 1.54) is 17.3 Å². The molecule has 2 rings (SSSR count). The lowest BCUT2D eigenvalue weighted by Crippen LogP contribution is -2.38. The molecule has 0 aromatic heterocycles. The number of likely N-dealkylation sites (tertiary alicyclic amines) is 1. The topological polar surface area (TPSA) is 49.4 Å². The molecule has 4 nitrogen and oxygen atoms in total. The first kappa shape index (κ1) is 15.9. The van der Waals surface area contributed by atoms with Crippen LogP contribution in [0.2, 0.25) is 0 Å². The number of nitrogens with zero attached hydrogens (tertiary/aromatic N) is 1. The maximum Gasteiger partial charge on any atom is 0.230 e. The molecule has 114 valence electrons. The second kappa shape index (κ2) is 8.08. The maximum atomic E-state index is 11.9. The Morgan fingerprint density at radius 3 is 2.86 bits per heavy atom. The summed E-state index contributed by atoms with van der Waals surface area (Å²) in [7, 11) is 0. The molecule has 21 heavy (non-hydrogen) atoms. The monoisotopic (exact) mass is 306 g/mol. The molecule has 1 atom stereocenters. The van der Waals surface area contributed by atoms with Crippen molar-refractivity contribution in [2.75, 3.05) is 25.1 Å². The van der Waals surface area contributed by atoms with Crippen molar-refractivity contribution in [2.45, 2.75) is 25.3 Å². The van der Waals surface area contributed by atoms with Crippen molar-refractivity contribution in [1.82, 2.24) is 10.2 Å². The van der Waals surface area contributed by atoms with Gasteiger partial charge in [0.1, 0.15) is 0 Å². The molecule has 5 heteroatoms. The van der Waals surface area contributed by atoms with Crippen LogP contribution in [0, 0.1) is 0 Å². The zero-order valence-electron chi connectivity index (χ0n) is 12.4. The second-order valence-corrected chi connectivity index (χ2v) is 6.20. The average molecular weight is 306 g/mol. The number of hydrogen-bond donors (Lipinski definition) is 1. The fourth-order valence-corrected chi connectivity index (χ4v) is 2.95. The first-order valence-corrected chi connectivity index (χ1v) is 8.68. The summed E-state index contributed by atoms with van der Waals surface area (Å²) in [5.41, 5.74) is 1.30. The van der Waals surface area contributed by atoms with Gasteiger partial charge in [0.05, 0.1) is 11.8 Å². The van der Waals surface area contributed by atoms with Crippen LogP contribution in [0.3, 0.4) is 0 Å². The lowest BCUT2D eigenvalue weighted by atomic mass is 10.1. The lowest BCUT2D eigenvalue weighted by Gasteiger charge is -2.17. The minimum Gasteiger partial charge on any atom is -0.350 e. The van der Waals surface area contributed by atoms with Crippen LogP contribution in [0.25, 0.3) is 0 Å². The van der Waals surface area contributed by atoms with Gasteiger partial charge in [-0.3, -0.25) is 9.59 Å². The van der Waals surface area contributed by atoms with Crippen molar-refractivity contribution in [1.29, 1.82) is 0 Å². The zero-order valence-corrected chi connectivity index (χ0v) is 13.2. The quantitative estimate of drug-likeness (QED) is 0.834. The molecule has 2 amide bonds. The predicted molar refractivity (Wildman–Crippen MR) is 86.3 cm³/mol. The molecular weight excluding hydrogens is 284 g/mol. The Kier molecular flexibility index (Phi) is 6.11. The summed E-state index contributed by atoms with van der Waals surface area (Å²) in [6.45, 7) is 1.41. The van der Waals surface area contributed by atoms with Gasteiger partial charge in [0.25, 0.3) is 0 Å². The predicted octanol–water partition coefficient (Wildman–Crippen LogP) is 1.70. The van der Waals surface area contributed by atoms with Crippen LogP contribution >= 0.6 is 11.8 Å². The molecule has 0 bridgehead atoms. The molecule has 1 saturated heterocycles. The minimum atomic E-state index is -0.0196. The van der Waals surface area contributed by atoms with E-state index in [1.807, 2.05) is 29.4 Å². The Balaban J connectivity index is 1.72. The molecule has 1 aliphatic rings. The van der Waals surface area contributed by atoms with Gasteiger partial charge in [-0.05, 0) is 24.7 Å². The molecule has 1 aliphatic heterocycles. The Bertz CT molecular complexity index is 478. The third kappa shape index (κ3) is 5.08. The second-order valence-electron chi connectivity index (χ2n) is 5.33. The van der Waals surface area contributed by atoms with E-state index >= 15 is 0 Å². The van der Waals surface area contributed by atoms with Crippen LogP contribution in [0.1, 0.15) is 18.4 Å². The van der Waals surface area contributed by atoms with E-state index < -0.39 is 0 Å². The fraction of sp³-hybridized carbons (Fsp3) is 0.500. The number of amides is 2. The van der Waals surface area contributed by atoms with Gasteiger partial charge in [-0.2, -0.15) is 11.8 Å². The Morgan fingerprint density at radius 2 is 2.14 bits per heavy atom. The molecule has 1 aromatic rings. The molecule has 1 aromatic carbocycles. The van der Waals surface area contributed by atoms with Crippen molar-refractivity contribution < 1.29 is 9.59 Å². The number of aryl methyl sites for hydroxylation is 1. The molecule has 0 spiro atoms. The van der Waals surface area contributed by atoms with E-state index in [-0.39, 0.29) is 17.9 Å². The number of carbonyl (C=O) groups is 2. The smallest absolute Gasteiger partial charge is 0.230 e. The van der Waals surface area contributed by atoms with Gasteiger partial charge in [0.2, 0.25) is 11.8 Å². The summed E-state index contributed by atoms with van der Waals surface area (Å²) in [6.07, 6.45) is 4.27. The number of thioether (sulfide) groups is 1. The number of nitrogens with one attached hydrogen (secondary N) is 1. The summed E-state index contributed by atoms with van der Waals surface area (Å²) >= 11 is 1.50. The lowest BCUT2D eigenvalue weighted by molar-refractivity contribution is -0.127. The normalized spacial score (nSPS) is 18.0. The molecule has 0 saturated carbocycles. The van der Waals surface area contributed by atoms with Crippen LogP contribution in [0.15, 0.2) is 30.3 Å². The number of hydrogen-bond acceptors (Lipinski definition) is 3. The molecular formula is C16H22N2O2S. The zero-order chi connectivity index (χ0) is 15.1. The number of benzene rings is 1. The van der Waals surface area contributed by atoms with E-state index in [9.17, 15) is 9.59 Å². The standard InChI is InChI=1S/C16H22N2O2S/c1-21-12-15(19)17-14-10-16(20)18(11-14)9-5-8-13-6-3-2-4-7-13/h2-4,6-7,14H,5,8-12H2,1H3,(H,17,19). The first-order chi connectivity index (χ1) is 10.2. The van der Waals surface area contributed by atoms with E-state index in [0.29, 0.717) is 18.7 Å². The van der Waals surface area contributed by atoms with Crippen molar-refractivity contribution in [3.05, 3.63) is 35.9 Å². The maximum absolute atomic E-state index is 11.9. The number of rotatable bonds is 7. The Morgan fingerprint density at radius 1 is 1.38 bits per heavy atom. The van der Waals surface area contributed by atoms with Crippen molar-refractivity contribution in [3.8, 4) is 0 Å². The highest BCUT2D eigenvalue weighted by Gasteiger charge is 2.29. The van der Waals surface area contributed by atoms with Gasteiger partial charge in [-0.15, -0.1) is 0 Å². The van der Waals surface area contributed by atoms with Crippen LogP contribution in [0.5, 0.6) is 0 Å². The molecule has 0 radical (unpaired) electrons. The van der Waals surface area contributed by atoms with Gasteiger partial charge in [0, 0.05) is 19.5 Å². The van der Waals surface area contributed by atoms with Crippen molar-refractivity contribution in [2.24, 2.45) is 0 Å². The highest BCUT2D eigenvalue weighted by atomic mass is 32.2. The molecule has 1 unspecified atom stereocenters. The summed E-state index contributed by atoms with van der Waals surface area (Å²) < 4.78 is 0. The van der Waals surface area contributed by atoms with Crippen LogP contribution in [-0.4, -0.2) is 47.9 Å². The molecule has 1 fully saturated rings. The third-order valence-corrected chi connectivity index (χ3v) is 4.14. The third-order valence-electron chi connectivity index (χ3n) is 3.59. The Labute approximate surface area is 130 Å². The Hall–Kier alpha value is -1.49. The van der Waals surface area contributed by atoms with E-state index in [2.05, 4.69) is 17.4 Å². The van der Waals surface area contributed by atoms with Gasteiger partial charge in [-0.1, -0.05) is 30.3 Å². The average Bonchev–Trinajstić information content (AvgIpc) is 2.80. The van der Waals surface area contributed by atoms with Gasteiger partial charge in [0.15, 0.2) is 0 Å². The van der Waals surface area contributed by atoms with Gasteiger partial charge >= 0.3 is 0 Å². The van der Waals surface area contributed by atoms with Crippen molar-refractivity contribution >= 4 is 23.6 Å². The van der Waals surface area contributed by atoms with Crippen LogP contribution < -0.4 is 5.32 Å². The first-order valence-electron chi connectivity index (χ1n) is 7.29. The fourth-order valence-electron chi connectivity index (χ4n) is 2.60. The largest absolute Gasteiger partial charge is 0.350 e. The molecule has 1 heterocycles. The van der Waals surface area contributed by atoms with E-state index in [0.717, 1.165) is 19.4 Å². The van der Waals surface area contributed by atoms with Gasteiger partial charge < -0.3 is 10.2 Å². The number of carbonyl (C=O) groups excluding carboxylic acids is 2. The molecule has 1 N–H and O–H groups in total. The van der Waals surface area contributed by atoms with Crippen LogP contribution in [-0.2, 0) is 16.0 Å². The highest BCUT2D eigenvalue weighted by molar-refractivity contribution is 7.99. The van der Waals surface area contributed by atoms with E-state index in [1.54, 1.807) is 0 Å². The summed E-state index contributed by atoms with van der Waals surface area (Å²) in [5.74, 6) is 0.627.